The minimum atomic E-state index is -4.04. The van der Waals surface area contributed by atoms with Crippen molar-refractivity contribution in [3.63, 3.8) is 0 Å². The molecule has 0 unspecified atom stereocenters. The lowest BCUT2D eigenvalue weighted by Crippen LogP contribution is -2.20. The Morgan fingerprint density at radius 3 is 2.15 bits per heavy atom. The average molecular weight is 415 g/mol. The molecule has 2 rings (SSSR count). The molecule has 2 aromatic rings. The van der Waals surface area contributed by atoms with Crippen molar-refractivity contribution in [1.82, 2.24) is 5.32 Å². The van der Waals surface area contributed by atoms with E-state index in [2.05, 4.69) is 10.0 Å². The fourth-order valence-electron chi connectivity index (χ4n) is 2.31. The smallest absolute Gasteiger partial charge is 0.262 e. The molecule has 0 atom stereocenters. The van der Waals surface area contributed by atoms with Gasteiger partial charge in [0.05, 0.1) is 42.5 Å². The van der Waals surface area contributed by atoms with Crippen LogP contribution in [0.25, 0.3) is 0 Å². The molecule has 0 aliphatic carbocycles. The fraction of sp³-hybridized carbons (Fsp3) is 0.235. The number of methoxy groups -OCH3 is 3. The van der Waals surface area contributed by atoms with Gasteiger partial charge in [-0.1, -0.05) is 11.6 Å². The Hall–Kier alpha value is -2.65. The maximum atomic E-state index is 12.8. The van der Waals surface area contributed by atoms with Crippen LogP contribution in [-0.4, -0.2) is 42.7 Å². The number of benzene rings is 2. The Morgan fingerprint density at radius 2 is 1.59 bits per heavy atom. The van der Waals surface area contributed by atoms with Gasteiger partial charge < -0.3 is 19.5 Å². The van der Waals surface area contributed by atoms with Crippen molar-refractivity contribution in [3.05, 3.63) is 40.9 Å². The average Bonchev–Trinajstić information content (AvgIpc) is 2.67. The van der Waals surface area contributed by atoms with E-state index in [4.69, 9.17) is 25.8 Å². The van der Waals surface area contributed by atoms with Crippen molar-refractivity contribution < 1.29 is 27.4 Å². The van der Waals surface area contributed by atoms with Gasteiger partial charge in [0, 0.05) is 19.2 Å². The zero-order valence-corrected chi connectivity index (χ0v) is 16.7. The van der Waals surface area contributed by atoms with Gasteiger partial charge in [-0.15, -0.1) is 0 Å². The number of sulfonamides is 1. The van der Waals surface area contributed by atoms with Crippen molar-refractivity contribution in [2.75, 3.05) is 33.1 Å². The van der Waals surface area contributed by atoms with Crippen molar-refractivity contribution in [2.45, 2.75) is 4.90 Å². The fourth-order valence-corrected chi connectivity index (χ4v) is 3.63. The molecule has 0 bridgehead atoms. The van der Waals surface area contributed by atoms with Crippen LogP contribution in [0.4, 0.5) is 5.69 Å². The first-order valence-corrected chi connectivity index (χ1v) is 9.48. The number of halogens is 1. The standard InChI is InChI=1S/C17H19ClN2O6S/c1-19-17(21)11-7-10(5-6-14(11)24-2)27(22,23)20-13-9-15(25-3)12(18)8-16(13)26-4/h5-9,20H,1-4H3,(H,19,21). The molecule has 10 heteroatoms. The van der Waals surface area contributed by atoms with Crippen LogP contribution in [0.5, 0.6) is 17.2 Å². The number of carbonyl (C=O) groups is 1. The van der Waals surface area contributed by atoms with E-state index in [0.29, 0.717) is 0 Å². The second-order valence-electron chi connectivity index (χ2n) is 5.23. The number of hydrogen-bond donors (Lipinski definition) is 2. The normalized spacial score (nSPS) is 10.9. The molecule has 2 aromatic carbocycles. The van der Waals surface area contributed by atoms with Crippen molar-refractivity contribution in [2.24, 2.45) is 0 Å². The molecule has 0 aromatic heterocycles. The summed E-state index contributed by atoms with van der Waals surface area (Å²) in [7, 11) is 1.58. The zero-order chi connectivity index (χ0) is 20.2. The number of rotatable bonds is 7. The van der Waals surface area contributed by atoms with Gasteiger partial charge >= 0.3 is 0 Å². The number of anilines is 1. The van der Waals surface area contributed by atoms with Gasteiger partial charge in [-0.2, -0.15) is 0 Å². The monoisotopic (exact) mass is 414 g/mol. The van der Waals surface area contributed by atoms with Crippen LogP contribution < -0.4 is 24.2 Å². The lowest BCUT2D eigenvalue weighted by molar-refractivity contribution is 0.0960. The Bertz CT molecular complexity index is 962. The predicted molar refractivity (Wildman–Crippen MR) is 102 cm³/mol. The van der Waals surface area contributed by atoms with Gasteiger partial charge in [0.15, 0.2) is 0 Å². The predicted octanol–water partition coefficient (Wildman–Crippen LogP) is 2.53. The van der Waals surface area contributed by atoms with Crippen molar-refractivity contribution in [1.29, 1.82) is 0 Å². The molecular weight excluding hydrogens is 396 g/mol. The molecule has 0 saturated carbocycles. The molecule has 0 radical (unpaired) electrons. The molecule has 27 heavy (non-hydrogen) atoms. The zero-order valence-electron chi connectivity index (χ0n) is 15.1. The van der Waals surface area contributed by atoms with E-state index in [1.54, 1.807) is 0 Å². The Labute approximate surface area is 162 Å². The van der Waals surface area contributed by atoms with Crippen LogP contribution in [0.15, 0.2) is 35.2 Å². The van der Waals surface area contributed by atoms with Gasteiger partial charge in [0.1, 0.15) is 17.2 Å². The second kappa shape index (κ2) is 8.36. The van der Waals surface area contributed by atoms with Crippen LogP contribution >= 0.6 is 11.6 Å². The third kappa shape index (κ3) is 4.37. The molecule has 2 N–H and O–H groups in total. The van der Waals surface area contributed by atoms with Crippen LogP contribution in [0.3, 0.4) is 0 Å². The van der Waals surface area contributed by atoms with Crippen LogP contribution in [-0.2, 0) is 10.0 Å². The molecule has 0 fully saturated rings. The van der Waals surface area contributed by atoms with Gasteiger partial charge in [-0.05, 0) is 18.2 Å². The van der Waals surface area contributed by atoms with E-state index in [-0.39, 0.29) is 38.4 Å². The second-order valence-corrected chi connectivity index (χ2v) is 7.32. The molecule has 146 valence electrons. The summed E-state index contributed by atoms with van der Waals surface area (Å²) in [6, 6.07) is 6.79. The first kappa shape index (κ1) is 20.7. The summed E-state index contributed by atoms with van der Waals surface area (Å²) in [6.45, 7) is 0. The lowest BCUT2D eigenvalue weighted by Gasteiger charge is -2.15. The highest BCUT2D eigenvalue weighted by Gasteiger charge is 2.22. The lowest BCUT2D eigenvalue weighted by atomic mass is 10.2. The van der Waals surface area contributed by atoms with Crippen LogP contribution in [0.2, 0.25) is 5.02 Å². The summed E-state index contributed by atoms with van der Waals surface area (Å²) in [6.07, 6.45) is 0. The van der Waals surface area contributed by atoms with Gasteiger partial charge in [0.25, 0.3) is 15.9 Å². The quantitative estimate of drug-likeness (QED) is 0.721. The molecular formula is C17H19ClN2O6S. The third-order valence-corrected chi connectivity index (χ3v) is 5.33. The summed E-state index contributed by atoms with van der Waals surface area (Å²) in [5.41, 5.74) is 0.222. The summed E-state index contributed by atoms with van der Waals surface area (Å²) in [5.74, 6) is 0.258. The van der Waals surface area contributed by atoms with E-state index in [9.17, 15) is 13.2 Å². The summed E-state index contributed by atoms with van der Waals surface area (Å²) in [5, 5.41) is 2.71. The van der Waals surface area contributed by atoms with Crippen LogP contribution in [0.1, 0.15) is 10.4 Å². The SMILES string of the molecule is CNC(=O)c1cc(S(=O)(=O)Nc2cc(OC)c(Cl)cc2OC)ccc1OC. The summed E-state index contributed by atoms with van der Waals surface area (Å²) in [4.78, 5) is 11.9. The summed E-state index contributed by atoms with van der Waals surface area (Å²) >= 11 is 6.03. The largest absolute Gasteiger partial charge is 0.496 e. The van der Waals surface area contributed by atoms with Crippen LogP contribution in [0, 0.1) is 0 Å². The first-order chi connectivity index (χ1) is 12.8. The molecule has 0 spiro atoms. The highest BCUT2D eigenvalue weighted by Crippen LogP contribution is 2.37. The summed E-state index contributed by atoms with van der Waals surface area (Å²) < 4.78 is 43.4. The third-order valence-electron chi connectivity index (χ3n) is 3.67. The maximum Gasteiger partial charge on any atom is 0.262 e. The number of ether oxygens (including phenoxy) is 3. The van der Waals surface area contributed by atoms with Crippen molar-refractivity contribution >= 4 is 33.2 Å². The highest BCUT2D eigenvalue weighted by atomic mass is 35.5. The van der Waals surface area contributed by atoms with E-state index in [0.717, 1.165) is 0 Å². The van der Waals surface area contributed by atoms with Gasteiger partial charge in [0.2, 0.25) is 0 Å². The minimum absolute atomic E-state index is 0.0866. The molecule has 1 amide bonds. The molecule has 8 nitrogen and oxygen atoms in total. The maximum absolute atomic E-state index is 12.8. The Balaban J connectivity index is 2.50. The number of amides is 1. The molecule has 0 heterocycles. The van der Waals surface area contributed by atoms with Gasteiger partial charge in [-0.25, -0.2) is 8.42 Å². The Kier molecular flexibility index (Phi) is 6.40. The molecule has 0 aliphatic rings. The molecule has 0 aliphatic heterocycles. The van der Waals surface area contributed by atoms with E-state index >= 15 is 0 Å². The van der Waals surface area contributed by atoms with E-state index in [1.807, 2.05) is 0 Å². The topological polar surface area (TPSA) is 103 Å². The highest BCUT2D eigenvalue weighted by molar-refractivity contribution is 7.92. The number of nitrogens with one attached hydrogen (secondary N) is 2. The minimum Gasteiger partial charge on any atom is -0.496 e. The van der Waals surface area contributed by atoms with E-state index in [1.165, 1.54) is 58.7 Å². The van der Waals surface area contributed by atoms with Crippen molar-refractivity contribution in [3.8, 4) is 17.2 Å². The van der Waals surface area contributed by atoms with Gasteiger partial charge in [-0.3, -0.25) is 9.52 Å². The molecule has 0 saturated heterocycles. The first-order valence-electron chi connectivity index (χ1n) is 7.61. The van der Waals surface area contributed by atoms with E-state index < -0.39 is 15.9 Å². The Morgan fingerprint density at radius 1 is 0.963 bits per heavy atom. The number of hydrogen-bond acceptors (Lipinski definition) is 6. The number of carbonyl (C=O) groups excluding carboxylic acids is 1.